The minimum atomic E-state index is -0.805. The molecule has 0 bridgehead atoms. The minimum absolute atomic E-state index is 0.363. The molecule has 6 rings (SSSR count). The van der Waals surface area contributed by atoms with Gasteiger partial charge in [-0.25, -0.2) is 4.79 Å². The third-order valence-corrected chi connectivity index (χ3v) is 7.73. The number of carbonyl (C=O) groups is 1. The summed E-state index contributed by atoms with van der Waals surface area (Å²) in [5.41, 5.74) is 3.88. The lowest BCUT2D eigenvalue weighted by atomic mass is 9.79. The van der Waals surface area contributed by atoms with Crippen molar-refractivity contribution in [2.24, 2.45) is 0 Å². The quantitative estimate of drug-likeness (QED) is 0.274. The molecule has 0 amide bonds. The van der Waals surface area contributed by atoms with Crippen molar-refractivity contribution in [1.29, 1.82) is 0 Å². The highest BCUT2D eigenvalue weighted by Gasteiger charge is 2.48. The second-order valence-corrected chi connectivity index (χ2v) is 9.81. The van der Waals surface area contributed by atoms with Gasteiger partial charge in [0.05, 0.1) is 12.7 Å². The number of hydrogen-bond donors (Lipinski definition) is 0. The smallest absolute Gasteiger partial charge is 0.338 e. The fourth-order valence-corrected chi connectivity index (χ4v) is 5.81. The Hall–Kier alpha value is -4.25. The van der Waals surface area contributed by atoms with Gasteiger partial charge < -0.3 is 19.1 Å². The molecule has 1 spiro atoms. The van der Waals surface area contributed by atoms with E-state index in [1.807, 2.05) is 48.5 Å². The normalized spacial score (nSPS) is 19.3. The van der Waals surface area contributed by atoms with Crippen molar-refractivity contribution in [3.8, 4) is 11.5 Å². The van der Waals surface area contributed by atoms with Crippen LogP contribution in [-0.4, -0.2) is 31.8 Å². The average molecular weight is 506 g/mol. The van der Waals surface area contributed by atoms with Crippen LogP contribution in [0.2, 0.25) is 0 Å². The Morgan fingerprint density at radius 3 is 2.55 bits per heavy atom. The first-order valence-electron chi connectivity index (χ1n) is 13.2. The topological polar surface area (TPSA) is 48.0 Å². The first-order chi connectivity index (χ1) is 18.6. The van der Waals surface area contributed by atoms with E-state index >= 15 is 0 Å². The zero-order valence-corrected chi connectivity index (χ0v) is 21.9. The van der Waals surface area contributed by atoms with Crippen LogP contribution in [0, 0.1) is 0 Å². The monoisotopic (exact) mass is 505 g/mol. The molecule has 0 saturated heterocycles. The lowest BCUT2D eigenvalue weighted by molar-refractivity contribution is -0.0212. The van der Waals surface area contributed by atoms with Crippen molar-refractivity contribution in [1.82, 2.24) is 0 Å². The molecule has 2 heterocycles. The summed E-state index contributed by atoms with van der Waals surface area (Å²) in [6, 6.07) is 26.3. The fourth-order valence-electron chi connectivity index (χ4n) is 5.81. The summed E-state index contributed by atoms with van der Waals surface area (Å²) in [4.78, 5) is 15.1. The van der Waals surface area contributed by atoms with E-state index in [-0.39, 0.29) is 12.1 Å². The molecule has 0 N–H and O–H groups in total. The van der Waals surface area contributed by atoms with Gasteiger partial charge in [0.2, 0.25) is 0 Å². The number of fused-ring (bicyclic) bond motifs is 4. The molecular weight excluding hydrogens is 474 g/mol. The molecule has 5 heteroatoms. The Morgan fingerprint density at radius 2 is 1.79 bits per heavy atom. The highest BCUT2D eigenvalue weighted by atomic mass is 16.6. The van der Waals surface area contributed by atoms with E-state index in [1.54, 1.807) is 0 Å². The highest BCUT2D eigenvalue weighted by molar-refractivity contribution is 6.06. The molecule has 0 aromatic heterocycles. The number of hydrogen-bond acceptors (Lipinski definition) is 5. The Balaban J connectivity index is 1.53. The first kappa shape index (κ1) is 24.1. The van der Waals surface area contributed by atoms with E-state index in [0.29, 0.717) is 12.0 Å². The van der Waals surface area contributed by atoms with Gasteiger partial charge in [-0.05, 0) is 55.1 Å². The van der Waals surface area contributed by atoms with E-state index < -0.39 is 5.60 Å². The second kappa shape index (κ2) is 9.56. The molecule has 2 aliphatic rings. The summed E-state index contributed by atoms with van der Waals surface area (Å²) in [6.45, 7) is 6.16. The van der Waals surface area contributed by atoms with Crippen LogP contribution in [0.15, 0.2) is 84.9 Å². The third kappa shape index (κ3) is 3.90. The number of benzene rings is 4. The zero-order chi connectivity index (χ0) is 26.3. The molecule has 0 radical (unpaired) electrons. The van der Waals surface area contributed by atoms with Crippen LogP contribution in [0.1, 0.15) is 47.0 Å². The molecule has 192 valence electrons. The van der Waals surface area contributed by atoms with E-state index in [0.717, 1.165) is 57.7 Å². The van der Waals surface area contributed by atoms with Gasteiger partial charge in [-0.2, -0.15) is 0 Å². The molecular formula is C33H31NO4. The summed E-state index contributed by atoms with van der Waals surface area (Å²) in [7, 11) is 1.41. The third-order valence-electron chi connectivity index (χ3n) is 7.73. The van der Waals surface area contributed by atoms with Crippen molar-refractivity contribution in [2.75, 3.05) is 25.1 Å². The standard InChI is InChI=1S/C33H31NO4/c1-4-34(5-2)25-16-14-22-18-19-33(38-29(22)20-25)21-27-28(37-31(33)24-10-7-6-8-11-24)17-15-23-12-9-13-26(30(23)27)32(35)36-3/h6-20,31H,4-5,21H2,1-3H3. The number of esters is 1. The van der Waals surface area contributed by atoms with Gasteiger partial charge in [-0.1, -0.05) is 54.6 Å². The van der Waals surface area contributed by atoms with Crippen molar-refractivity contribution in [2.45, 2.75) is 32.0 Å². The predicted molar refractivity (Wildman–Crippen MR) is 151 cm³/mol. The van der Waals surface area contributed by atoms with E-state index in [9.17, 15) is 4.79 Å². The molecule has 4 aromatic rings. The van der Waals surface area contributed by atoms with E-state index in [1.165, 1.54) is 7.11 Å². The number of carbonyl (C=O) groups excluding carboxylic acids is 1. The lowest BCUT2D eigenvalue weighted by Gasteiger charge is -2.45. The van der Waals surface area contributed by atoms with Crippen LogP contribution in [-0.2, 0) is 11.2 Å². The average Bonchev–Trinajstić information content (AvgIpc) is 2.97. The molecule has 4 aromatic carbocycles. The SMILES string of the molecule is CCN(CC)c1ccc2c(c1)OC1(C=C2)Cc2c(ccc3cccc(C(=O)OC)c23)OC1c1ccccc1. The molecule has 2 unspecified atom stereocenters. The van der Waals surface area contributed by atoms with Crippen molar-refractivity contribution < 1.29 is 19.0 Å². The summed E-state index contributed by atoms with van der Waals surface area (Å²) in [6.07, 6.45) is 4.44. The Bertz CT molecular complexity index is 1540. The second-order valence-electron chi connectivity index (χ2n) is 9.81. The van der Waals surface area contributed by atoms with Crippen LogP contribution in [0.5, 0.6) is 11.5 Å². The first-order valence-corrected chi connectivity index (χ1v) is 13.2. The molecule has 0 saturated carbocycles. The Morgan fingerprint density at radius 1 is 0.974 bits per heavy atom. The highest BCUT2D eigenvalue weighted by Crippen LogP contribution is 2.50. The number of methoxy groups -OCH3 is 1. The van der Waals surface area contributed by atoms with Gasteiger partial charge in [-0.15, -0.1) is 0 Å². The molecule has 0 aliphatic carbocycles. The maximum atomic E-state index is 12.8. The molecule has 5 nitrogen and oxygen atoms in total. The number of ether oxygens (including phenoxy) is 3. The number of anilines is 1. The fraction of sp³-hybridized carbons (Fsp3) is 0.242. The van der Waals surface area contributed by atoms with E-state index in [4.69, 9.17) is 14.2 Å². The van der Waals surface area contributed by atoms with Gasteiger partial charge in [0.15, 0.2) is 11.7 Å². The maximum Gasteiger partial charge on any atom is 0.338 e. The lowest BCUT2D eigenvalue weighted by Crippen LogP contribution is -2.49. The summed E-state index contributed by atoms with van der Waals surface area (Å²) < 4.78 is 18.9. The van der Waals surface area contributed by atoms with Gasteiger partial charge in [-0.3, -0.25) is 0 Å². The molecule has 38 heavy (non-hydrogen) atoms. The van der Waals surface area contributed by atoms with Crippen LogP contribution < -0.4 is 14.4 Å². The van der Waals surface area contributed by atoms with Gasteiger partial charge in [0.1, 0.15) is 11.5 Å². The zero-order valence-electron chi connectivity index (χ0n) is 21.9. The molecule has 2 aliphatic heterocycles. The van der Waals surface area contributed by atoms with Crippen molar-refractivity contribution in [3.05, 3.63) is 107 Å². The largest absolute Gasteiger partial charge is 0.481 e. The van der Waals surface area contributed by atoms with Crippen molar-refractivity contribution >= 4 is 28.5 Å². The van der Waals surface area contributed by atoms with Gasteiger partial charge >= 0.3 is 5.97 Å². The summed E-state index contributed by atoms with van der Waals surface area (Å²) in [5.74, 6) is 1.23. The minimum Gasteiger partial charge on any atom is -0.481 e. The summed E-state index contributed by atoms with van der Waals surface area (Å²) >= 11 is 0. The number of nitrogens with zero attached hydrogens (tertiary/aromatic N) is 1. The summed E-state index contributed by atoms with van der Waals surface area (Å²) in [5, 5.41) is 1.81. The van der Waals surface area contributed by atoms with Crippen LogP contribution in [0.25, 0.3) is 16.8 Å². The van der Waals surface area contributed by atoms with E-state index in [2.05, 4.69) is 61.2 Å². The van der Waals surface area contributed by atoms with Crippen LogP contribution in [0.4, 0.5) is 5.69 Å². The van der Waals surface area contributed by atoms with Crippen LogP contribution in [0.3, 0.4) is 0 Å². The Labute approximate surface area is 223 Å². The predicted octanol–water partition coefficient (Wildman–Crippen LogP) is 6.99. The Kier molecular flexibility index (Phi) is 6.07. The molecule has 2 atom stereocenters. The maximum absolute atomic E-state index is 12.8. The van der Waals surface area contributed by atoms with Gasteiger partial charge in [0.25, 0.3) is 0 Å². The van der Waals surface area contributed by atoms with Crippen molar-refractivity contribution in [3.63, 3.8) is 0 Å². The van der Waals surface area contributed by atoms with Gasteiger partial charge in [0, 0.05) is 47.8 Å². The van der Waals surface area contributed by atoms with Crippen LogP contribution >= 0.6 is 0 Å². The molecule has 0 fully saturated rings. The number of rotatable bonds is 5.